The molecular formula is C16H17F3N4OS. The molecule has 0 aliphatic rings. The van der Waals surface area contributed by atoms with Crippen molar-refractivity contribution in [2.24, 2.45) is 5.92 Å². The number of hydrogen-bond donors (Lipinski definition) is 1. The lowest BCUT2D eigenvalue weighted by Gasteiger charge is -2.19. The fourth-order valence-electron chi connectivity index (χ4n) is 1.95. The van der Waals surface area contributed by atoms with Crippen LogP contribution in [0.5, 0.6) is 0 Å². The minimum Gasteiger partial charge on any atom is -0.351 e. The molecule has 0 bridgehead atoms. The van der Waals surface area contributed by atoms with Gasteiger partial charge in [-0.2, -0.15) is 13.2 Å². The van der Waals surface area contributed by atoms with Crippen LogP contribution in [0, 0.1) is 5.92 Å². The number of carbonyl (C=O) groups excluding carboxylic acids is 1. The lowest BCUT2D eigenvalue weighted by molar-refractivity contribution is -0.141. The third kappa shape index (κ3) is 5.70. The number of carbonyl (C=O) groups is 1. The molecule has 0 unspecified atom stereocenters. The number of thioether (sulfide) groups is 1. The Morgan fingerprint density at radius 3 is 2.64 bits per heavy atom. The van der Waals surface area contributed by atoms with Gasteiger partial charge in [-0.05, 0) is 23.6 Å². The molecule has 0 fully saturated rings. The van der Waals surface area contributed by atoms with Gasteiger partial charge in [-0.3, -0.25) is 9.78 Å². The molecule has 2 aromatic heterocycles. The van der Waals surface area contributed by atoms with Gasteiger partial charge in [0.05, 0.1) is 5.25 Å². The summed E-state index contributed by atoms with van der Waals surface area (Å²) in [5.41, 5.74) is -0.193. The predicted octanol–water partition coefficient (Wildman–Crippen LogP) is 3.32. The predicted molar refractivity (Wildman–Crippen MR) is 87.6 cm³/mol. The normalized spacial score (nSPS) is 12.9. The highest BCUT2D eigenvalue weighted by molar-refractivity contribution is 8.00. The summed E-state index contributed by atoms with van der Waals surface area (Å²) in [6.45, 7) is 3.92. The summed E-state index contributed by atoms with van der Waals surface area (Å²) < 4.78 is 38.2. The molecule has 0 aliphatic heterocycles. The van der Waals surface area contributed by atoms with Gasteiger partial charge in [0, 0.05) is 25.1 Å². The molecule has 2 aromatic rings. The second-order valence-electron chi connectivity index (χ2n) is 5.58. The standard InChI is InChI=1S/C16H17F3N4OS/c1-10(2)13(14(24)22-9-11-4-3-6-20-8-11)25-15-21-7-5-12(23-15)16(17,18)19/h3-8,10,13H,9H2,1-2H3,(H,22,24)/t13-/m0/s1. The van der Waals surface area contributed by atoms with Crippen LogP contribution >= 0.6 is 11.8 Å². The highest BCUT2D eigenvalue weighted by Crippen LogP contribution is 2.30. The largest absolute Gasteiger partial charge is 0.433 e. The van der Waals surface area contributed by atoms with E-state index in [0.29, 0.717) is 6.54 Å². The third-order valence-electron chi connectivity index (χ3n) is 3.21. The highest BCUT2D eigenvalue weighted by atomic mass is 32.2. The van der Waals surface area contributed by atoms with E-state index in [9.17, 15) is 18.0 Å². The topological polar surface area (TPSA) is 67.8 Å². The van der Waals surface area contributed by atoms with E-state index in [4.69, 9.17) is 0 Å². The Bertz CT molecular complexity index is 710. The minimum atomic E-state index is -4.55. The molecule has 1 amide bonds. The monoisotopic (exact) mass is 370 g/mol. The van der Waals surface area contributed by atoms with Crippen molar-refractivity contribution >= 4 is 17.7 Å². The molecule has 2 rings (SSSR count). The van der Waals surface area contributed by atoms with Gasteiger partial charge in [-0.1, -0.05) is 31.7 Å². The van der Waals surface area contributed by atoms with Crippen LogP contribution in [0.3, 0.4) is 0 Å². The van der Waals surface area contributed by atoms with E-state index in [-0.39, 0.29) is 17.0 Å². The molecule has 25 heavy (non-hydrogen) atoms. The second kappa shape index (κ2) is 8.28. The highest BCUT2D eigenvalue weighted by Gasteiger charge is 2.33. The number of amides is 1. The molecule has 2 heterocycles. The fourth-order valence-corrected chi connectivity index (χ4v) is 2.92. The maximum absolute atomic E-state index is 12.7. The van der Waals surface area contributed by atoms with E-state index in [1.54, 1.807) is 18.5 Å². The first-order chi connectivity index (χ1) is 11.8. The molecule has 9 heteroatoms. The Morgan fingerprint density at radius 1 is 1.28 bits per heavy atom. The summed E-state index contributed by atoms with van der Waals surface area (Å²) in [6, 6.07) is 4.38. The Morgan fingerprint density at radius 2 is 2.04 bits per heavy atom. The summed E-state index contributed by atoms with van der Waals surface area (Å²) in [6.07, 6.45) is -0.242. The molecule has 1 atom stereocenters. The smallest absolute Gasteiger partial charge is 0.351 e. The molecule has 0 spiro atoms. The van der Waals surface area contributed by atoms with Crippen molar-refractivity contribution in [2.75, 3.05) is 0 Å². The van der Waals surface area contributed by atoms with Gasteiger partial charge in [-0.15, -0.1) is 0 Å². The molecule has 0 radical (unpaired) electrons. The number of rotatable bonds is 6. The summed E-state index contributed by atoms with van der Waals surface area (Å²) in [4.78, 5) is 23.7. The first kappa shape index (κ1) is 19.2. The third-order valence-corrected chi connectivity index (χ3v) is 4.63. The molecule has 0 aromatic carbocycles. The second-order valence-corrected chi connectivity index (χ2v) is 6.69. The number of aromatic nitrogens is 3. The van der Waals surface area contributed by atoms with Crippen LogP contribution < -0.4 is 5.32 Å². The molecular weight excluding hydrogens is 353 g/mol. The number of nitrogens with one attached hydrogen (secondary N) is 1. The van der Waals surface area contributed by atoms with Crippen molar-refractivity contribution < 1.29 is 18.0 Å². The van der Waals surface area contributed by atoms with Crippen molar-refractivity contribution in [1.82, 2.24) is 20.3 Å². The molecule has 5 nitrogen and oxygen atoms in total. The first-order valence-electron chi connectivity index (χ1n) is 7.51. The van der Waals surface area contributed by atoms with Crippen molar-refractivity contribution in [3.05, 3.63) is 48.0 Å². The number of nitrogens with zero attached hydrogens (tertiary/aromatic N) is 3. The van der Waals surface area contributed by atoms with E-state index in [0.717, 1.165) is 29.6 Å². The number of hydrogen-bond acceptors (Lipinski definition) is 5. The van der Waals surface area contributed by atoms with Crippen LogP contribution in [0.2, 0.25) is 0 Å². The van der Waals surface area contributed by atoms with E-state index in [1.165, 1.54) is 0 Å². The van der Waals surface area contributed by atoms with E-state index in [2.05, 4.69) is 20.3 Å². The maximum atomic E-state index is 12.7. The Hall–Kier alpha value is -2.16. The Balaban J connectivity index is 2.06. The average Bonchev–Trinajstić information content (AvgIpc) is 2.58. The van der Waals surface area contributed by atoms with Gasteiger partial charge in [0.1, 0.15) is 5.69 Å². The van der Waals surface area contributed by atoms with E-state index >= 15 is 0 Å². The van der Waals surface area contributed by atoms with Crippen LogP contribution in [0.15, 0.2) is 41.9 Å². The maximum Gasteiger partial charge on any atom is 0.433 e. The zero-order chi connectivity index (χ0) is 18.4. The lowest BCUT2D eigenvalue weighted by Crippen LogP contribution is -2.35. The van der Waals surface area contributed by atoms with Gasteiger partial charge in [-0.25, -0.2) is 9.97 Å². The number of pyridine rings is 1. The van der Waals surface area contributed by atoms with Gasteiger partial charge >= 0.3 is 6.18 Å². The lowest BCUT2D eigenvalue weighted by atomic mass is 10.1. The quantitative estimate of drug-likeness (QED) is 0.624. The summed E-state index contributed by atoms with van der Waals surface area (Å²) >= 11 is 0.920. The molecule has 134 valence electrons. The molecule has 1 N–H and O–H groups in total. The van der Waals surface area contributed by atoms with Gasteiger partial charge in [0.15, 0.2) is 5.16 Å². The minimum absolute atomic E-state index is 0.0787. The number of halogens is 3. The fraction of sp³-hybridized carbons (Fsp3) is 0.375. The van der Waals surface area contributed by atoms with Crippen LogP contribution in [-0.4, -0.2) is 26.1 Å². The van der Waals surface area contributed by atoms with Crippen LogP contribution in [0.25, 0.3) is 0 Å². The molecule has 0 saturated carbocycles. The van der Waals surface area contributed by atoms with Crippen molar-refractivity contribution in [2.45, 2.75) is 37.0 Å². The Labute approximate surface area is 147 Å². The van der Waals surface area contributed by atoms with Crippen LogP contribution in [0.4, 0.5) is 13.2 Å². The van der Waals surface area contributed by atoms with Gasteiger partial charge < -0.3 is 5.32 Å². The average molecular weight is 370 g/mol. The zero-order valence-electron chi connectivity index (χ0n) is 13.6. The van der Waals surface area contributed by atoms with Crippen LogP contribution in [-0.2, 0) is 17.5 Å². The summed E-state index contributed by atoms with van der Waals surface area (Å²) in [7, 11) is 0. The van der Waals surface area contributed by atoms with Crippen molar-refractivity contribution in [3.8, 4) is 0 Å². The van der Waals surface area contributed by atoms with E-state index in [1.807, 2.05) is 19.9 Å². The van der Waals surface area contributed by atoms with E-state index < -0.39 is 17.1 Å². The molecule has 0 aliphatic carbocycles. The number of alkyl halides is 3. The molecule has 0 saturated heterocycles. The Kier molecular flexibility index (Phi) is 6.35. The van der Waals surface area contributed by atoms with Crippen LogP contribution in [0.1, 0.15) is 25.1 Å². The van der Waals surface area contributed by atoms with Gasteiger partial charge in [0.2, 0.25) is 5.91 Å². The zero-order valence-corrected chi connectivity index (χ0v) is 14.4. The first-order valence-corrected chi connectivity index (χ1v) is 8.39. The summed E-state index contributed by atoms with van der Waals surface area (Å²) in [5, 5.41) is 2.08. The summed E-state index contributed by atoms with van der Waals surface area (Å²) in [5.74, 6) is -0.401. The van der Waals surface area contributed by atoms with Gasteiger partial charge in [0.25, 0.3) is 0 Å². The van der Waals surface area contributed by atoms with Crippen molar-refractivity contribution in [3.63, 3.8) is 0 Å². The van der Waals surface area contributed by atoms with Crippen molar-refractivity contribution in [1.29, 1.82) is 0 Å². The SMILES string of the molecule is CC(C)[C@H](Sc1nccc(C(F)(F)F)n1)C(=O)NCc1cccnc1.